The second-order valence-electron chi connectivity index (χ2n) is 4.44. The van der Waals surface area contributed by atoms with E-state index >= 15 is 0 Å². The van der Waals surface area contributed by atoms with Gasteiger partial charge in [0.05, 0.1) is 5.54 Å². The fourth-order valence-electron chi connectivity index (χ4n) is 1.53. The van der Waals surface area contributed by atoms with Gasteiger partial charge in [0, 0.05) is 10.6 Å². The Labute approximate surface area is 130 Å². The van der Waals surface area contributed by atoms with Crippen molar-refractivity contribution in [3.8, 4) is 0 Å². The Bertz CT molecular complexity index is 584. The Morgan fingerprint density at radius 3 is 2.60 bits per heavy atom. The third kappa shape index (κ3) is 3.49. The molecule has 3 N–H and O–H groups in total. The minimum Gasteiger partial charge on any atom is -0.324 e. The Hall–Kier alpha value is -1.15. The van der Waals surface area contributed by atoms with Crippen molar-refractivity contribution in [3.05, 3.63) is 29.8 Å². The van der Waals surface area contributed by atoms with Crippen molar-refractivity contribution >= 4 is 47.1 Å². The van der Waals surface area contributed by atoms with Gasteiger partial charge in [0.25, 0.3) is 0 Å². The zero-order chi connectivity index (χ0) is 13.3. The van der Waals surface area contributed by atoms with Crippen molar-refractivity contribution < 1.29 is 4.79 Å². The van der Waals surface area contributed by atoms with E-state index < -0.39 is 5.54 Å². The van der Waals surface area contributed by atoms with Crippen LogP contribution in [0.3, 0.4) is 0 Å². The van der Waals surface area contributed by atoms with Gasteiger partial charge in [0.15, 0.2) is 4.34 Å². The molecule has 0 saturated heterocycles. The zero-order valence-electron chi connectivity index (χ0n) is 10.4. The van der Waals surface area contributed by atoms with Crippen molar-refractivity contribution in [2.75, 3.05) is 5.32 Å². The zero-order valence-corrected chi connectivity index (χ0v) is 12.9. The highest BCUT2D eigenvalue weighted by molar-refractivity contribution is 8.01. The van der Waals surface area contributed by atoms with Crippen molar-refractivity contribution in [2.24, 2.45) is 5.73 Å². The first kappa shape index (κ1) is 15.2. The molecule has 0 aliphatic heterocycles. The lowest BCUT2D eigenvalue weighted by Crippen LogP contribution is -2.37. The number of halogens is 1. The van der Waals surface area contributed by atoms with E-state index in [1.165, 1.54) is 11.3 Å². The van der Waals surface area contributed by atoms with Gasteiger partial charge in [-0.1, -0.05) is 23.1 Å². The molecule has 0 spiro atoms. The van der Waals surface area contributed by atoms with Crippen molar-refractivity contribution in [1.82, 2.24) is 10.2 Å². The van der Waals surface area contributed by atoms with Gasteiger partial charge in [-0.3, -0.25) is 4.79 Å². The van der Waals surface area contributed by atoms with Crippen LogP contribution in [0.1, 0.15) is 12.8 Å². The molecule has 20 heavy (non-hydrogen) atoms. The third-order valence-corrected chi connectivity index (χ3v) is 4.68. The monoisotopic (exact) mass is 328 g/mol. The summed E-state index contributed by atoms with van der Waals surface area (Å²) in [5.41, 5.74) is 7.66. The molecule has 0 atom stereocenters. The topological polar surface area (TPSA) is 80.9 Å². The smallest absolute Gasteiger partial charge is 0.244 e. The van der Waals surface area contributed by atoms with Gasteiger partial charge in [-0.05, 0) is 37.1 Å². The van der Waals surface area contributed by atoms with Gasteiger partial charge in [-0.15, -0.1) is 22.6 Å². The van der Waals surface area contributed by atoms with Crippen LogP contribution >= 0.6 is 35.5 Å². The second kappa shape index (κ2) is 6.09. The molecule has 8 heteroatoms. The van der Waals surface area contributed by atoms with Gasteiger partial charge >= 0.3 is 0 Å². The predicted molar refractivity (Wildman–Crippen MR) is 82.5 cm³/mol. The fourth-order valence-corrected chi connectivity index (χ4v) is 2.98. The highest BCUT2D eigenvalue weighted by Crippen LogP contribution is 2.34. The van der Waals surface area contributed by atoms with Crippen molar-refractivity contribution in [2.45, 2.75) is 27.6 Å². The normalized spacial score (nSPS) is 15.2. The van der Waals surface area contributed by atoms with Crippen LogP contribution in [0.4, 0.5) is 5.69 Å². The summed E-state index contributed by atoms with van der Waals surface area (Å²) in [6, 6.07) is 7.62. The first-order valence-electron chi connectivity index (χ1n) is 5.80. The predicted octanol–water partition coefficient (Wildman–Crippen LogP) is 2.54. The Balaban J connectivity index is 0.00000147. The van der Waals surface area contributed by atoms with Crippen LogP contribution in [-0.2, 0) is 4.79 Å². The molecule has 1 aromatic heterocycles. The molecular weight excluding hydrogens is 316 g/mol. The number of hydrogen-bond donors (Lipinski definition) is 2. The van der Waals surface area contributed by atoms with Gasteiger partial charge in [0.1, 0.15) is 5.51 Å². The maximum Gasteiger partial charge on any atom is 0.244 e. The minimum absolute atomic E-state index is 0. The molecule has 1 heterocycles. The van der Waals surface area contributed by atoms with Crippen LogP contribution in [-0.4, -0.2) is 21.6 Å². The summed E-state index contributed by atoms with van der Waals surface area (Å²) in [5.74, 6) is -0.1000. The summed E-state index contributed by atoms with van der Waals surface area (Å²) >= 11 is 3.05. The quantitative estimate of drug-likeness (QED) is 0.901. The maximum absolute atomic E-state index is 11.8. The molecule has 0 radical (unpaired) electrons. The largest absolute Gasteiger partial charge is 0.324 e. The minimum atomic E-state index is -0.639. The standard InChI is InChI=1S/C12H12N4OS2.ClH/c13-12(5-6-12)10(17)15-8-1-3-9(4-2-8)19-11-16-14-7-18-11;/h1-4,7H,5-6,13H2,(H,15,17);1H. The second-order valence-corrected chi connectivity index (χ2v) is 6.60. The summed E-state index contributed by atoms with van der Waals surface area (Å²) < 4.78 is 0.899. The number of benzene rings is 1. The molecular formula is C12H13ClN4OS2. The molecule has 5 nitrogen and oxygen atoms in total. The molecule has 3 rings (SSSR count). The van der Waals surface area contributed by atoms with E-state index in [4.69, 9.17) is 5.73 Å². The van der Waals surface area contributed by atoms with Gasteiger partial charge in [0.2, 0.25) is 5.91 Å². The molecule has 1 aliphatic rings. The number of hydrogen-bond acceptors (Lipinski definition) is 6. The molecule has 1 amide bonds. The van der Waals surface area contributed by atoms with Crippen LogP contribution in [0.2, 0.25) is 0 Å². The number of aromatic nitrogens is 2. The van der Waals surface area contributed by atoms with Crippen LogP contribution in [0.15, 0.2) is 39.0 Å². The highest BCUT2D eigenvalue weighted by Gasteiger charge is 2.45. The van der Waals surface area contributed by atoms with Gasteiger partial charge in [-0.25, -0.2) is 0 Å². The number of anilines is 1. The number of amides is 1. The lowest BCUT2D eigenvalue weighted by atomic mass is 10.2. The molecule has 0 bridgehead atoms. The van der Waals surface area contributed by atoms with Crippen LogP contribution < -0.4 is 11.1 Å². The third-order valence-electron chi connectivity index (χ3n) is 2.90. The van der Waals surface area contributed by atoms with Gasteiger partial charge < -0.3 is 11.1 Å². The van der Waals surface area contributed by atoms with Crippen LogP contribution in [0, 0.1) is 0 Å². The molecule has 1 fully saturated rings. The first-order valence-corrected chi connectivity index (χ1v) is 7.50. The summed E-state index contributed by atoms with van der Waals surface area (Å²) in [4.78, 5) is 12.8. The fraction of sp³-hybridized carbons (Fsp3) is 0.250. The number of nitrogens with one attached hydrogen (secondary N) is 1. The highest BCUT2D eigenvalue weighted by atomic mass is 35.5. The average molecular weight is 329 g/mol. The van der Waals surface area contributed by atoms with E-state index in [9.17, 15) is 4.79 Å². The van der Waals surface area contributed by atoms with Crippen LogP contribution in [0.25, 0.3) is 0 Å². The van der Waals surface area contributed by atoms with E-state index in [-0.39, 0.29) is 18.3 Å². The van der Waals surface area contributed by atoms with Crippen LogP contribution in [0.5, 0.6) is 0 Å². The number of rotatable bonds is 4. The van der Waals surface area contributed by atoms with Crippen molar-refractivity contribution in [1.29, 1.82) is 0 Å². The molecule has 1 aliphatic carbocycles. The SMILES string of the molecule is Cl.NC1(C(=O)Nc2ccc(Sc3nncs3)cc2)CC1. The number of nitrogens with zero attached hydrogens (tertiary/aromatic N) is 2. The Morgan fingerprint density at radius 2 is 2.05 bits per heavy atom. The average Bonchev–Trinajstić information content (AvgIpc) is 2.96. The van der Waals surface area contributed by atoms with Gasteiger partial charge in [-0.2, -0.15) is 0 Å². The molecule has 1 aromatic carbocycles. The van der Waals surface area contributed by atoms with E-state index in [0.29, 0.717) is 0 Å². The molecule has 0 unspecified atom stereocenters. The molecule has 1 saturated carbocycles. The summed E-state index contributed by atoms with van der Waals surface area (Å²) in [5, 5.41) is 10.6. The summed E-state index contributed by atoms with van der Waals surface area (Å²) in [6.45, 7) is 0. The van der Waals surface area contributed by atoms with E-state index in [1.807, 2.05) is 24.3 Å². The Morgan fingerprint density at radius 1 is 1.35 bits per heavy atom. The van der Waals surface area contributed by atoms with E-state index in [0.717, 1.165) is 27.8 Å². The lowest BCUT2D eigenvalue weighted by Gasteiger charge is -2.10. The summed E-state index contributed by atoms with van der Waals surface area (Å²) in [6.07, 6.45) is 1.54. The van der Waals surface area contributed by atoms with E-state index in [2.05, 4.69) is 15.5 Å². The number of carbonyl (C=O) groups excluding carboxylic acids is 1. The number of nitrogens with two attached hydrogens (primary N) is 1. The lowest BCUT2D eigenvalue weighted by molar-refractivity contribution is -0.118. The van der Waals surface area contributed by atoms with Crippen molar-refractivity contribution in [3.63, 3.8) is 0 Å². The molecule has 2 aromatic rings. The summed E-state index contributed by atoms with van der Waals surface area (Å²) in [7, 11) is 0. The Kier molecular flexibility index (Phi) is 4.64. The number of carbonyl (C=O) groups is 1. The maximum atomic E-state index is 11.8. The van der Waals surface area contributed by atoms with E-state index in [1.54, 1.807) is 17.3 Å². The molecule has 106 valence electrons. The first-order chi connectivity index (χ1) is 9.16.